The van der Waals surface area contributed by atoms with Gasteiger partial charge in [0.2, 0.25) is 0 Å². The van der Waals surface area contributed by atoms with Gasteiger partial charge in [-0.1, -0.05) is 0 Å². The monoisotopic (exact) mass is 351 g/mol. The molecule has 5 nitrogen and oxygen atoms in total. The minimum atomic E-state index is 0.206. The van der Waals surface area contributed by atoms with Gasteiger partial charge >= 0.3 is 0 Å². The van der Waals surface area contributed by atoms with Crippen LogP contribution in [-0.2, 0) is 19.9 Å². The van der Waals surface area contributed by atoms with Gasteiger partial charge in [0.25, 0.3) is 0 Å². The molecule has 114 valence electrons. The van der Waals surface area contributed by atoms with Crippen LogP contribution in [0, 0.1) is 13.8 Å². The zero-order chi connectivity index (χ0) is 15.4. The zero-order valence-corrected chi connectivity index (χ0v) is 14.3. The van der Waals surface area contributed by atoms with Crippen molar-refractivity contribution in [2.24, 2.45) is 12.9 Å². The maximum atomic E-state index is 5.69. The number of aryl methyl sites for hydroxylation is 2. The van der Waals surface area contributed by atoms with Crippen LogP contribution >= 0.6 is 15.9 Å². The second-order valence-electron chi connectivity index (χ2n) is 5.35. The largest absolute Gasteiger partial charge is 0.272 e. The highest BCUT2D eigenvalue weighted by molar-refractivity contribution is 9.10. The maximum Gasteiger partial charge on any atom is 0.0628 e. The molecular weight excluding hydrogens is 330 g/mol. The van der Waals surface area contributed by atoms with Gasteiger partial charge in [-0.05, 0) is 60.3 Å². The van der Waals surface area contributed by atoms with E-state index in [2.05, 4.69) is 45.3 Å². The molecule has 2 aromatic rings. The van der Waals surface area contributed by atoms with E-state index in [-0.39, 0.29) is 6.04 Å². The van der Waals surface area contributed by atoms with E-state index in [1.807, 2.05) is 30.1 Å². The third kappa shape index (κ3) is 4.12. The van der Waals surface area contributed by atoms with Gasteiger partial charge in [0, 0.05) is 41.6 Å². The van der Waals surface area contributed by atoms with Crippen molar-refractivity contribution in [1.82, 2.24) is 20.2 Å². The zero-order valence-electron chi connectivity index (χ0n) is 12.7. The Bertz CT molecular complexity index is 591. The summed E-state index contributed by atoms with van der Waals surface area (Å²) >= 11 is 3.40. The highest BCUT2D eigenvalue weighted by Gasteiger charge is 2.13. The molecule has 2 rings (SSSR count). The molecule has 2 aromatic heterocycles. The number of nitrogens with zero attached hydrogens (tertiary/aromatic N) is 3. The number of aromatic nitrogens is 3. The van der Waals surface area contributed by atoms with Gasteiger partial charge in [0.1, 0.15) is 0 Å². The smallest absolute Gasteiger partial charge is 0.0628 e. The maximum absolute atomic E-state index is 5.69. The number of pyridine rings is 1. The van der Waals surface area contributed by atoms with Gasteiger partial charge in [-0.2, -0.15) is 5.10 Å². The Morgan fingerprint density at radius 2 is 2.14 bits per heavy atom. The third-order valence-corrected chi connectivity index (χ3v) is 4.35. The summed E-state index contributed by atoms with van der Waals surface area (Å²) in [5, 5.41) is 4.46. The third-order valence-electron chi connectivity index (χ3n) is 3.88. The molecule has 0 fully saturated rings. The first-order valence-electron chi connectivity index (χ1n) is 7.07. The average molecular weight is 352 g/mol. The van der Waals surface area contributed by atoms with E-state index in [4.69, 9.17) is 5.84 Å². The quantitative estimate of drug-likeness (QED) is 0.618. The molecule has 0 aliphatic rings. The van der Waals surface area contributed by atoms with E-state index in [9.17, 15) is 0 Å². The van der Waals surface area contributed by atoms with E-state index in [1.54, 1.807) is 0 Å². The number of nitrogens with two attached hydrogens (primary N) is 1. The molecule has 0 saturated heterocycles. The number of halogens is 1. The molecule has 0 saturated carbocycles. The first-order valence-corrected chi connectivity index (χ1v) is 7.86. The summed E-state index contributed by atoms with van der Waals surface area (Å²) in [5.74, 6) is 5.69. The van der Waals surface area contributed by atoms with Gasteiger partial charge in [-0.25, -0.2) is 0 Å². The number of hydrogen-bond donors (Lipinski definition) is 2. The first-order chi connectivity index (χ1) is 10.0. The summed E-state index contributed by atoms with van der Waals surface area (Å²) in [7, 11) is 1.98. The van der Waals surface area contributed by atoms with E-state index in [0.717, 1.165) is 35.1 Å². The standard InChI is InChI=1S/C15H22BrN5/c1-10-15(11(2)21(3)20-10)7-6-14(19-17)8-13-5-4-12(16)9-18-13/h4-5,9,14,19H,6-8,17H2,1-3H3. The lowest BCUT2D eigenvalue weighted by atomic mass is 10.0. The van der Waals surface area contributed by atoms with Crippen LogP contribution in [0.15, 0.2) is 22.8 Å². The van der Waals surface area contributed by atoms with Gasteiger partial charge in [-0.15, -0.1) is 0 Å². The normalized spacial score (nSPS) is 12.6. The minimum Gasteiger partial charge on any atom is -0.272 e. The Kier molecular flexibility index (Phi) is 5.50. The molecule has 0 bridgehead atoms. The van der Waals surface area contributed by atoms with Crippen molar-refractivity contribution in [3.63, 3.8) is 0 Å². The van der Waals surface area contributed by atoms with E-state index >= 15 is 0 Å². The molecule has 0 aromatic carbocycles. The molecule has 0 radical (unpaired) electrons. The summed E-state index contributed by atoms with van der Waals surface area (Å²) < 4.78 is 2.93. The highest BCUT2D eigenvalue weighted by Crippen LogP contribution is 2.16. The lowest BCUT2D eigenvalue weighted by molar-refractivity contribution is 0.486. The van der Waals surface area contributed by atoms with Crippen LogP contribution in [0.5, 0.6) is 0 Å². The fraction of sp³-hybridized carbons (Fsp3) is 0.467. The number of nitrogens with one attached hydrogen (secondary N) is 1. The Morgan fingerprint density at radius 3 is 2.67 bits per heavy atom. The van der Waals surface area contributed by atoms with Crippen molar-refractivity contribution in [3.05, 3.63) is 45.4 Å². The Hall–Kier alpha value is -1.24. The molecule has 3 N–H and O–H groups in total. The first kappa shape index (κ1) is 16.1. The second-order valence-corrected chi connectivity index (χ2v) is 6.26. The Labute approximate surface area is 134 Å². The summed E-state index contributed by atoms with van der Waals surface area (Å²) in [6.45, 7) is 4.17. The van der Waals surface area contributed by atoms with Crippen molar-refractivity contribution in [2.75, 3.05) is 0 Å². The predicted molar refractivity (Wildman–Crippen MR) is 87.8 cm³/mol. The molecule has 0 aliphatic heterocycles. The number of hydrazine groups is 1. The van der Waals surface area contributed by atoms with Crippen LogP contribution in [0.3, 0.4) is 0 Å². The average Bonchev–Trinajstić information content (AvgIpc) is 2.71. The molecule has 1 atom stereocenters. The lowest BCUT2D eigenvalue weighted by Gasteiger charge is -2.15. The van der Waals surface area contributed by atoms with Gasteiger partial charge in [-0.3, -0.25) is 20.9 Å². The molecule has 0 spiro atoms. The summed E-state index contributed by atoms with van der Waals surface area (Å²) in [6, 6.07) is 4.23. The van der Waals surface area contributed by atoms with Crippen LogP contribution < -0.4 is 11.3 Å². The molecule has 1 unspecified atom stereocenters. The molecule has 6 heteroatoms. The minimum absolute atomic E-state index is 0.206. The van der Waals surface area contributed by atoms with Crippen LogP contribution in [0.4, 0.5) is 0 Å². The van der Waals surface area contributed by atoms with Crippen LogP contribution in [-0.4, -0.2) is 20.8 Å². The second kappa shape index (κ2) is 7.15. The van der Waals surface area contributed by atoms with Crippen LogP contribution in [0.1, 0.15) is 29.1 Å². The van der Waals surface area contributed by atoms with Crippen LogP contribution in [0.25, 0.3) is 0 Å². The topological polar surface area (TPSA) is 68.8 Å². The van der Waals surface area contributed by atoms with Crippen molar-refractivity contribution in [2.45, 2.75) is 39.2 Å². The summed E-state index contributed by atoms with van der Waals surface area (Å²) in [6.07, 6.45) is 4.57. The predicted octanol–water partition coefficient (Wildman–Crippen LogP) is 2.20. The van der Waals surface area contributed by atoms with Crippen molar-refractivity contribution < 1.29 is 0 Å². The van der Waals surface area contributed by atoms with E-state index in [1.165, 1.54) is 11.3 Å². The van der Waals surface area contributed by atoms with E-state index < -0.39 is 0 Å². The molecule has 0 aliphatic carbocycles. The van der Waals surface area contributed by atoms with Crippen molar-refractivity contribution >= 4 is 15.9 Å². The fourth-order valence-electron chi connectivity index (χ4n) is 2.52. The molecule has 2 heterocycles. The molecule has 0 amide bonds. The number of hydrogen-bond acceptors (Lipinski definition) is 4. The molecule has 21 heavy (non-hydrogen) atoms. The lowest BCUT2D eigenvalue weighted by Crippen LogP contribution is -2.37. The summed E-state index contributed by atoms with van der Waals surface area (Å²) in [5.41, 5.74) is 7.60. The van der Waals surface area contributed by atoms with Gasteiger partial charge < -0.3 is 0 Å². The van der Waals surface area contributed by atoms with Gasteiger partial charge in [0.15, 0.2) is 0 Å². The SMILES string of the molecule is Cc1nn(C)c(C)c1CCC(Cc1ccc(Br)cn1)NN. The summed E-state index contributed by atoms with van der Waals surface area (Å²) in [4.78, 5) is 4.40. The Morgan fingerprint density at radius 1 is 1.38 bits per heavy atom. The highest BCUT2D eigenvalue weighted by atomic mass is 79.9. The van der Waals surface area contributed by atoms with Gasteiger partial charge in [0.05, 0.1) is 5.69 Å². The van der Waals surface area contributed by atoms with Crippen LogP contribution in [0.2, 0.25) is 0 Å². The van der Waals surface area contributed by atoms with E-state index in [0.29, 0.717) is 0 Å². The number of rotatable bonds is 6. The van der Waals surface area contributed by atoms with Crippen molar-refractivity contribution in [3.8, 4) is 0 Å². The molecular formula is C15H22BrN5. The van der Waals surface area contributed by atoms with Crippen molar-refractivity contribution in [1.29, 1.82) is 0 Å². The Balaban J connectivity index is 1.98. The fourth-order valence-corrected chi connectivity index (χ4v) is 2.76.